The number of likely N-dealkylation sites (tertiary alicyclic amines) is 1. The first kappa shape index (κ1) is 22.6. The lowest BCUT2D eigenvalue weighted by atomic mass is 10.1. The molecule has 0 aromatic heterocycles. The van der Waals surface area contributed by atoms with Gasteiger partial charge in [0.25, 0.3) is 10.0 Å². The second-order valence-electron chi connectivity index (χ2n) is 7.48. The Hall–Kier alpha value is -2.09. The van der Waals surface area contributed by atoms with E-state index in [1.807, 2.05) is 19.1 Å². The van der Waals surface area contributed by atoms with Crippen LogP contribution in [0.15, 0.2) is 58.4 Å². The van der Waals surface area contributed by atoms with Gasteiger partial charge in [-0.15, -0.1) is 0 Å². The van der Waals surface area contributed by atoms with Crippen molar-refractivity contribution < 1.29 is 13.2 Å². The summed E-state index contributed by atoms with van der Waals surface area (Å²) < 4.78 is 32.7. The second kappa shape index (κ2) is 10.8. The molecular formula is C22H28ClN3O3S. The first-order chi connectivity index (χ1) is 14.4. The number of aliphatic imine (C=N–C) groups is 1. The van der Waals surface area contributed by atoms with E-state index in [-0.39, 0.29) is 11.0 Å². The molecule has 0 spiro atoms. The summed E-state index contributed by atoms with van der Waals surface area (Å²) >= 11 is 5.79. The molecule has 0 radical (unpaired) electrons. The average molecular weight is 450 g/mol. The van der Waals surface area contributed by atoms with Crippen molar-refractivity contribution in [2.24, 2.45) is 4.99 Å². The van der Waals surface area contributed by atoms with Gasteiger partial charge in [0.15, 0.2) is 0 Å². The van der Waals surface area contributed by atoms with Gasteiger partial charge in [0, 0.05) is 11.6 Å². The topological polar surface area (TPSA) is 71.0 Å². The fourth-order valence-corrected chi connectivity index (χ4v) is 4.32. The van der Waals surface area contributed by atoms with Crippen LogP contribution in [0, 0.1) is 0 Å². The first-order valence-corrected chi connectivity index (χ1v) is 12.0. The van der Waals surface area contributed by atoms with Crippen LogP contribution in [0.25, 0.3) is 0 Å². The normalized spacial score (nSPS) is 16.5. The highest BCUT2D eigenvalue weighted by molar-refractivity contribution is 7.90. The molecule has 1 N–H and O–H groups in total. The molecule has 1 aliphatic rings. The molecule has 8 heteroatoms. The Balaban J connectivity index is 1.47. The number of sulfonamides is 1. The predicted octanol–water partition coefficient (Wildman–Crippen LogP) is 4.10. The maximum Gasteiger partial charge on any atom is 0.262 e. The van der Waals surface area contributed by atoms with Crippen molar-refractivity contribution in [3.05, 3.63) is 59.1 Å². The highest BCUT2D eigenvalue weighted by atomic mass is 35.5. The fraction of sp³-hybridized carbons (Fsp3) is 0.409. The highest BCUT2D eigenvalue weighted by Gasteiger charge is 2.12. The summed E-state index contributed by atoms with van der Waals surface area (Å²) in [6.45, 7) is 5.49. The van der Waals surface area contributed by atoms with Crippen molar-refractivity contribution in [3.8, 4) is 5.75 Å². The largest absolute Gasteiger partial charge is 0.489 e. The monoisotopic (exact) mass is 449 g/mol. The van der Waals surface area contributed by atoms with Crippen molar-refractivity contribution in [2.75, 3.05) is 19.6 Å². The Morgan fingerprint density at radius 3 is 2.63 bits per heavy atom. The third-order valence-electron chi connectivity index (χ3n) is 4.88. The number of ether oxygens (including phenoxy) is 1. The standard InChI is InChI=1S/C22H28ClN3O3S/c1-18(15-24-17-25-30(27,28)22-10-8-20(23)9-11-22)29-21-7-5-6-19(14-21)16-26-12-3-2-4-13-26/h5-11,14,17-18H,2-4,12-13,15-16H2,1H3,(H,24,25). The van der Waals surface area contributed by atoms with Gasteiger partial charge in [-0.3, -0.25) is 14.6 Å². The summed E-state index contributed by atoms with van der Waals surface area (Å²) in [7, 11) is -3.66. The Labute approximate surface area is 184 Å². The van der Waals surface area contributed by atoms with Crippen LogP contribution in [0.2, 0.25) is 5.02 Å². The number of halogens is 1. The van der Waals surface area contributed by atoms with Crippen LogP contribution in [-0.2, 0) is 16.6 Å². The summed E-state index contributed by atoms with van der Waals surface area (Å²) in [6.07, 6.45) is 4.87. The third kappa shape index (κ3) is 7.00. The van der Waals surface area contributed by atoms with Crippen LogP contribution in [0.1, 0.15) is 31.7 Å². The molecule has 0 amide bonds. The maximum absolute atomic E-state index is 12.2. The van der Waals surface area contributed by atoms with E-state index < -0.39 is 10.0 Å². The van der Waals surface area contributed by atoms with E-state index in [1.165, 1.54) is 55.4 Å². The minimum atomic E-state index is -3.66. The summed E-state index contributed by atoms with van der Waals surface area (Å²) in [5.74, 6) is 0.800. The number of hydrogen-bond donors (Lipinski definition) is 1. The molecule has 2 aromatic rings. The zero-order valence-electron chi connectivity index (χ0n) is 17.1. The van der Waals surface area contributed by atoms with Crippen LogP contribution in [-0.4, -0.2) is 45.4 Å². The average Bonchev–Trinajstić information content (AvgIpc) is 2.73. The minimum Gasteiger partial charge on any atom is -0.489 e. The van der Waals surface area contributed by atoms with Crippen LogP contribution < -0.4 is 9.46 Å². The molecule has 1 fully saturated rings. The highest BCUT2D eigenvalue weighted by Crippen LogP contribution is 2.19. The molecule has 1 unspecified atom stereocenters. The minimum absolute atomic E-state index is 0.133. The predicted molar refractivity (Wildman–Crippen MR) is 121 cm³/mol. The molecule has 0 saturated carbocycles. The van der Waals surface area contributed by atoms with E-state index in [4.69, 9.17) is 16.3 Å². The van der Waals surface area contributed by atoms with Gasteiger partial charge in [-0.25, -0.2) is 8.42 Å². The molecule has 1 heterocycles. The van der Waals surface area contributed by atoms with E-state index in [9.17, 15) is 8.42 Å². The van der Waals surface area contributed by atoms with Gasteiger partial charge in [-0.2, -0.15) is 0 Å². The van der Waals surface area contributed by atoms with Crippen molar-refractivity contribution >= 4 is 28.0 Å². The van der Waals surface area contributed by atoms with Crippen molar-refractivity contribution in [1.29, 1.82) is 0 Å². The van der Waals surface area contributed by atoms with E-state index in [1.54, 1.807) is 0 Å². The molecule has 6 nitrogen and oxygen atoms in total. The number of benzene rings is 2. The van der Waals surface area contributed by atoms with Crippen molar-refractivity contribution in [2.45, 2.75) is 43.7 Å². The van der Waals surface area contributed by atoms with Crippen molar-refractivity contribution in [3.63, 3.8) is 0 Å². The van der Waals surface area contributed by atoms with Crippen molar-refractivity contribution in [1.82, 2.24) is 9.62 Å². The fourth-order valence-electron chi connectivity index (χ4n) is 3.35. The third-order valence-corrected chi connectivity index (χ3v) is 6.44. The summed E-state index contributed by atoms with van der Waals surface area (Å²) in [6, 6.07) is 14.1. The van der Waals surface area contributed by atoms with Gasteiger partial charge >= 0.3 is 0 Å². The molecule has 0 bridgehead atoms. The molecule has 1 saturated heterocycles. The zero-order chi connectivity index (χ0) is 21.4. The summed E-state index contributed by atoms with van der Waals surface area (Å²) in [5, 5.41) is 0.480. The number of rotatable bonds is 9. The Bertz CT molecular complexity index is 942. The molecule has 1 aliphatic heterocycles. The van der Waals surface area contributed by atoms with E-state index in [0.29, 0.717) is 11.6 Å². The lowest BCUT2D eigenvalue weighted by Crippen LogP contribution is -2.29. The van der Waals surface area contributed by atoms with Gasteiger partial charge in [0.05, 0.1) is 17.8 Å². The lowest BCUT2D eigenvalue weighted by molar-refractivity contribution is 0.217. The second-order valence-corrected chi connectivity index (χ2v) is 9.63. The smallest absolute Gasteiger partial charge is 0.262 e. The van der Waals surface area contributed by atoms with E-state index >= 15 is 0 Å². The van der Waals surface area contributed by atoms with Crippen LogP contribution in [0.4, 0.5) is 0 Å². The SMILES string of the molecule is CC(CN=CNS(=O)(=O)c1ccc(Cl)cc1)Oc1cccc(CN2CCCCC2)c1. The lowest BCUT2D eigenvalue weighted by Gasteiger charge is -2.26. The Morgan fingerprint density at radius 2 is 1.90 bits per heavy atom. The van der Waals surface area contributed by atoms with Gasteiger partial charge in [-0.1, -0.05) is 30.2 Å². The maximum atomic E-state index is 12.2. The zero-order valence-corrected chi connectivity index (χ0v) is 18.7. The number of piperidine rings is 1. The molecule has 2 aromatic carbocycles. The van der Waals surface area contributed by atoms with Crippen LogP contribution >= 0.6 is 11.6 Å². The van der Waals surface area contributed by atoms with Gasteiger partial charge in [-0.05, 0) is 74.8 Å². The molecule has 0 aliphatic carbocycles. The summed E-state index contributed by atoms with van der Waals surface area (Å²) in [4.78, 5) is 6.75. The number of hydrogen-bond acceptors (Lipinski definition) is 5. The Morgan fingerprint density at radius 1 is 1.17 bits per heavy atom. The van der Waals surface area contributed by atoms with Gasteiger partial charge < -0.3 is 4.74 Å². The number of nitrogens with zero attached hydrogens (tertiary/aromatic N) is 2. The van der Waals surface area contributed by atoms with E-state index in [0.717, 1.165) is 25.4 Å². The van der Waals surface area contributed by atoms with Gasteiger partial charge in [0.2, 0.25) is 0 Å². The Kier molecular flexibility index (Phi) is 8.13. The first-order valence-electron chi connectivity index (χ1n) is 10.2. The van der Waals surface area contributed by atoms with E-state index in [2.05, 4.69) is 26.7 Å². The molecule has 162 valence electrons. The number of nitrogens with one attached hydrogen (secondary N) is 1. The molecular weight excluding hydrogens is 422 g/mol. The van der Waals surface area contributed by atoms with Crippen LogP contribution in [0.3, 0.4) is 0 Å². The van der Waals surface area contributed by atoms with Gasteiger partial charge in [0.1, 0.15) is 11.9 Å². The molecule has 30 heavy (non-hydrogen) atoms. The quantitative estimate of drug-likeness (QED) is 0.462. The summed E-state index contributed by atoms with van der Waals surface area (Å²) in [5.41, 5.74) is 1.24. The molecule has 1 atom stereocenters. The molecule has 3 rings (SSSR count). The van der Waals surface area contributed by atoms with Crippen LogP contribution in [0.5, 0.6) is 5.75 Å².